The standard InChI is InChI=1S/C10H13ClN2O.ClH/c1-12-10(4-5-10)7-14-8-2-3-9(11)13-6-8;/h2-3,6,12H,4-5,7H2,1H3;1H. The third-order valence-electron chi connectivity index (χ3n) is 2.60. The first-order valence-corrected chi connectivity index (χ1v) is 5.05. The molecule has 0 saturated heterocycles. The van der Waals surface area contributed by atoms with E-state index in [9.17, 15) is 0 Å². The van der Waals surface area contributed by atoms with E-state index in [0.717, 1.165) is 5.75 Å². The molecule has 0 aromatic carbocycles. The molecule has 0 atom stereocenters. The molecule has 1 aliphatic carbocycles. The molecule has 5 heteroatoms. The van der Waals surface area contributed by atoms with E-state index in [2.05, 4.69) is 10.3 Å². The highest BCUT2D eigenvalue weighted by atomic mass is 35.5. The van der Waals surface area contributed by atoms with Gasteiger partial charge in [0.2, 0.25) is 0 Å². The van der Waals surface area contributed by atoms with Gasteiger partial charge in [-0.1, -0.05) is 11.6 Å². The molecule has 1 aromatic heterocycles. The first-order chi connectivity index (χ1) is 6.74. The lowest BCUT2D eigenvalue weighted by Gasteiger charge is -2.14. The fourth-order valence-corrected chi connectivity index (χ4v) is 1.40. The lowest BCUT2D eigenvalue weighted by atomic mass is 10.3. The van der Waals surface area contributed by atoms with Crippen molar-refractivity contribution in [2.45, 2.75) is 18.4 Å². The third kappa shape index (κ3) is 3.23. The van der Waals surface area contributed by atoms with Crippen LogP contribution in [0.1, 0.15) is 12.8 Å². The van der Waals surface area contributed by atoms with Crippen LogP contribution in [0.2, 0.25) is 5.15 Å². The number of hydrogen-bond acceptors (Lipinski definition) is 3. The lowest BCUT2D eigenvalue weighted by molar-refractivity contribution is 0.259. The van der Waals surface area contributed by atoms with Gasteiger partial charge in [0, 0.05) is 0 Å². The Bertz CT molecular complexity index is 312. The zero-order valence-electron chi connectivity index (χ0n) is 8.50. The second kappa shape index (κ2) is 5.01. The van der Waals surface area contributed by atoms with E-state index < -0.39 is 0 Å². The van der Waals surface area contributed by atoms with E-state index in [4.69, 9.17) is 16.3 Å². The minimum absolute atomic E-state index is 0. The molecule has 1 fully saturated rings. The SMILES string of the molecule is CNC1(COc2ccc(Cl)nc2)CC1.Cl. The van der Waals surface area contributed by atoms with Crippen LogP contribution in [-0.2, 0) is 0 Å². The smallest absolute Gasteiger partial charge is 0.137 e. The van der Waals surface area contributed by atoms with Crippen LogP contribution in [0.15, 0.2) is 18.3 Å². The number of nitrogens with one attached hydrogen (secondary N) is 1. The third-order valence-corrected chi connectivity index (χ3v) is 2.82. The van der Waals surface area contributed by atoms with Crippen molar-refractivity contribution in [2.24, 2.45) is 0 Å². The van der Waals surface area contributed by atoms with Crippen LogP contribution in [0.3, 0.4) is 0 Å². The Kier molecular flexibility index (Phi) is 4.20. The highest BCUT2D eigenvalue weighted by Crippen LogP contribution is 2.35. The molecular weight excluding hydrogens is 235 g/mol. The van der Waals surface area contributed by atoms with Crippen molar-refractivity contribution >= 4 is 24.0 Å². The van der Waals surface area contributed by atoms with E-state index in [1.54, 1.807) is 12.3 Å². The second-order valence-corrected chi connectivity index (χ2v) is 4.02. The average Bonchev–Trinajstić information content (AvgIpc) is 2.98. The second-order valence-electron chi connectivity index (χ2n) is 3.64. The summed E-state index contributed by atoms with van der Waals surface area (Å²) >= 11 is 5.66. The normalized spacial score (nSPS) is 16.7. The molecule has 3 nitrogen and oxygen atoms in total. The molecule has 15 heavy (non-hydrogen) atoms. The van der Waals surface area contributed by atoms with Crippen LogP contribution >= 0.6 is 24.0 Å². The van der Waals surface area contributed by atoms with Gasteiger partial charge in [-0.25, -0.2) is 4.98 Å². The molecule has 0 spiro atoms. The van der Waals surface area contributed by atoms with Gasteiger partial charge in [-0.3, -0.25) is 0 Å². The van der Waals surface area contributed by atoms with Crippen molar-refractivity contribution in [3.05, 3.63) is 23.5 Å². The fraction of sp³-hybridized carbons (Fsp3) is 0.500. The molecule has 1 N–H and O–H groups in total. The maximum Gasteiger partial charge on any atom is 0.137 e. The molecule has 1 saturated carbocycles. The Labute approximate surface area is 101 Å². The van der Waals surface area contributed by atoms with Gasteiger partial charge >= 0.3 is 0 Å². The van der Waals surface area contributed by atoms with E-state index in [1.807, 2.05) is 13.1 Å². The van der Waals surface area contributed by atoms with Gasteiger partial charge in [0.15, 0.2) is 0 Å². The van der Waals surface area contributed by atoms with Crippen LogP contribution in [0.25, 0.3) is 0 Å². The largest absolute Gasteiger partial charge is 0.490 e. The van der Waals surface area contributed by atoms with Crippen LogP contribution in [0.5, 0.6) is 5.75 Å². The Morgan fingerprint density at radius 2 is 2.27 bits per heavy atom. The summed E-state index contributed by atoms with van der Waals surface area (Å²) in [6.45, 7) is 0.701. The maximum absolute atomic E-state index is 5.66. The molecule has 84 valence electrons. The molecule has 1 aromatic rings. The summed E-state index contributed by atoms with van der Waals surface area (Å²) in [7, 11) is 1.97. The fourth-order valence-electron chi connectivity index (χ4n) is 1.29. The molecule has 0 bridgehead atoms. The quantitative estimate of drug-likeness (QED) is 0.831. The minimum atomic E-state index is 0. The summed E-state index contributed by atoms with van der Waals surface area (Å²) in [6, 6.07) is 3.57. The molecule has 0 unspecified atom stereocenters. The van der Waals surface area contributed by atoms with Crippen LogP contribution in [0.4, 0.5) is 0 Å². The highest BCUT2D eigenvalue weighted by Gasteiger charge is 2.41. The zero-order valence-corrected chi connectivity index (χ0v) is 10.1. The number of hydrogen-bond donors (Lipinski definition) is 1. The van der Waals surface area contributed by atoms with Crippen molar-refractivity contribution in [1.29, 1.82) is 0 Å². The average molecular weight is 249 g/mol. The van der Waals surface area contributed by atoms with Crippen LogP contribution < -0.4 is 10.1 Å². The Morgan fingerprint density at radius 3 is 2.73 bits per heavy atom. The molecule has 1 aliphatic rings. The summed E-state index contributed by atoms with van der Waals surface area (Å²) in [5.41, 5.74) is 0.208. The van der Waals surface area contributed by atoms with Gasteiger partial charge in [-0.2, -0.15) is 0 Å². The first-order valence-electron chi connectivity index (χ1n) is 4.67. The van der Waals surface area contributed by atoms with Crippen molar-refractivity contribution in [3.63, 3.8) is 0 Å². The summed E-state index contributed by atoms with van der Waals surface area (Å²) < 4.78 is 5.60. The van der Waals surface area contributed by atoms with Gasteiger partial charge < -0.3 is 10.1 Å². The van der Waals surface area contributed by atoms with E-state index in [-0.39, 0.29) is 17.9 Å². The summed E-state index contributed by atoms with van der Waals surface area (Å²) in [6.07, 6.45) is 4.02. The Morgan fingerprint density at radius 1 is 1.53 bits per heavy atom. The Hall–Kier alpha value is -0.510. The number of nitrogens with zero attached hydrogens (tertiary/aromatic N) is 1. The highest BCUT2D eigenvalue weighted by molar-refractivity contribution is 6.29. The first kappa shape index (κ1) is 12.6. The van der Waals surface area contributed by atoms with E-state index in [1.165, 1.54) is 12.8 Å². The number of aromatic nitrogens is 1. The van der Waals surface area contributed by atoms with E-state index >= 15 is 0 Å². The predicted molar refractivity (Wildman–Crippen MR) is 63.0 cm³/mol. The van der Waals surface area contributed by atoms with Gasteiger partial charge in [-0.15, -0.1) is 12.4 Å². The van der Waals surface area contributed by atoms with Crippen molar-refractivity contribution in [2.75, 3.05) is 13.7 Å². The summed E-state index contributed by atoms with van der Waals surface area (Å²) in [5.74, 6) is 0.774. The van der Waals surface area contributed by atoms with Crippen LogP contribution in [0, 0.1) is 0 Å². The molecule has 0 amide bonds. The molecular formula is C10H14Cl2N2O. The number of ether oxygens (including phenoxy) is 1. The number of halogens is 2. The van der Waals surface area contributed by atoms with Crippen molar-refractivity contribution < 1.29 is 4.74 Å². The number of likely N-dealkylation sites (N-methyl/N-ethyl adjacent to an activating group) is 1. The van der Waals surface area contributed by atoms with Gasteiger partial charge in [-0.05, 0) is 32.0 Å². The van der Waals surface area contributed by atoms with Crippen molar-refractivity contribution in [3.8, 4) is 5.75 Å². The molecule has 1 heterocycles. The minimum Gasteiger partial charge on any atom is -0.490 e. The maximum atomic E-state index is 5.66. The van der Waals surface area contributed by atoms with Crippen LogP contribution in [-0.4, -0.2) is 24.2 Å². The molecule has 0 aliphatic heterocycles. The predicted octanol–water partition coefficient (Wildman–Crippen LogP) is 2.29. The van der Waals surface area contributed by atoms with Gasteiger partial charge in [0.1, 0.15) is 17.5 Å². The van der Waals surface area contributed by atoms with Gasteiger partial charge in [0.05, 0.1) is 11.7 Å². The monoisotopic (exact) mass is 248 g/mol. The summed E-state index contributed by atoms with van der Waals surface area (Å²) in [5, 5.41) is 3.76. The topological polar surface area (TPSA) is 34.1 Å². The molecule has 2 rings (SSSR count). The summed E-state index contributed by atoms with van der Waals surface area (Å²) in [4.78, 5) is 3.95. The molecule has 0 radical (unpaired) electrons. The van der Waals surface area contributed by atoms with E-state index in [0.29, 0.717) is 11.8 Å². The van der Waals surface area contributed by atoms with Crippen molar-refractivity contribution in [1.82, 2.24) is 10.3 Å². The van der Waals surface area contributed by atoms with Gasteiger partial charge in [0.25, 0.3) is 0 Å². The number of pyridine rings is 1. The number of rotatable bonds is 4. The lowest BCUT2D eigenvalue weighted by Crippen LogP contribution is -2.33. The Balaban J connectivity index is 0.00000112. The zero-order chi connectivity index (χ0) is 10.0.